The van der Waals surface area contributed by atoms with Crippen molar-refractivity contribution in [3.05, 3.63) is 60.8 Å². The number of likely N-dealkylation sites (tertiary alicyclic amines) is 1. The van der Waals surface area contributed by atoms with E-state index in [0.717, 1.165) is 42.3 Å². The van der Waals surface area contributed by atoms with Gasteiger partial charge in [0.2, 0.25) is 5.82 Å². The van der Waals surface area contributed by atoms with E-state index < -0.39 is 0 Å². The minimum absolute atomic E-state index is 0.631. The van der Waals surface area contributed by atoms with Crippen LogP contribution in [0.3, 0.4) is 0 Å². The molecule has 1 saturated heterocycles. The fourth-order valence-corrected chi connectivity index (χ4v) is 3.98. The maximum atomic E-state index is 5.94. The van der Waals surface area contributed by atoms with E-state index >= 15 is 0 Å². The lowest BCUT2D eigenvalue weighted by molar-refractivity contribution is 0.205. The van der Waals surface area contributed by atoms with Crippen LogP contribution >= 0.6 is 0 Å². The van der Waals surface area contributed by atoms with Gasteiger partial charge in [0.05, 0.1) is 12.3 Å². The highest BCUT2D eigenvalue weighted by Crippen LogP contribution is 2.23. The topological polar surface area (TPSA) is 68.4 Å². The molecule has 31 heavy (non-hydrogen) atoms. The maximum Gasteiger partial charge on any atom is 0.203 e. The molecule has 7 heteroatoms. The van der Waals surface area contributed by atoms with E-state index in [1.54, 1.807) is 10.7 Å². The number of benzene rings is 1. The van der Waals surface area contributed by atoms with Crippen LogP contribution in [0.25, 0.3) is 28.4 Å². The molecule has 0 radical (unpaired) electrons. The summed E-state index contributed by atoms with van der Waals surface area (Å²) in [6.45, 7) is 4.34. The molecule has 3 aromatic heterocycles. The van der Waals surface area contributed by atoms with Gasteiger partial charge in [0, 0.05) is 18.3 Å². The van der Waals surface area contributed by atoms with Crippen molar-refractivity contribution in [1.29, 1.82) is 0 Å². The van der Waals surface area contributed by atoms with E-state index in [2.05, 4.69) is 20.1 Å². The molecule has 0 saturated carbocycles. The molecule has 0 spiro atoms. The molecule has 0 aliphatic carbocycles. The zero-order chi connectivity index (χ0) is 20.9. The van der Waals surface area contributed by atoms with Crippen molar-refractivity contribution in [1.82, 2.24) is 29.7 Å². The third-order valence-corrected chi connectivity index (χ3v) is 5.64. The van der Waals surface area contributed by atoms with E-state index in [1.807, 2.05) is 54.6 Å². The fourth-order valence-electron chi connectivity index (χ4n) is 3.98. The van der Waals surface area contributed by atoms with E-state index in [0.29, 0.717) is 11.5 Å². The molecule has 1 aliphatic rings. The minimum Gasteiger partial charge on any atom is -0.494 e. The van der Waals surface area contributed by atoms with Gasteiger partial charge in [-0.05, 0) is 80.9 Å². The predicted molar refractivity (Wildman–Crippen MR) is 120 cm³/mol. The quantitative estimate of drug-likeness (QED) is 0.424. The molecule has 1 aliphatic heterocycles. The third kappa shape index (κ3) is 4.56. The second-order valence-electron chi connectivity index (χ2n) is 7.86. The first-order valence-electron chi connectivity index (χ1n) is 11.0. The first kappa shape index (κ1) is 19.6. The molecule has 0 N–H and O–H groups in total. The van der Waals surface area contributed by atoms with Crippen molar-refractivity contribution in [2.24, 2.45) is 0 Å². The number of piperidine rings is 1. The van der Waals surface area contributed by atoms with Crippen LogP contribution in [0.2, 0.25) is 0 Å². The molecule has 1 fully saturated rings. The number of nitrogens with zero attached hydrogens (tertiary/aromatic N) is 6. The Bertz CT molecular complexity index is 1120. The van der Waals surface area contributed by atoms with Gasteiger partial charge in [0.15, 0.2) is 5.65 Å². The van der Waals surface area contributed by atoms with Crippen LogP contribution in [0.4, 0.5) is 0 Å². The van der Waals surface area contributed by atoms with Gasteiger partial charge in [-0.15, -0.1) is 10.2 Å². The molecule has 5 rings (SSSR count). The highest BCUT2D eigenvalue weighted by molar-refractivity contribution is 5.62. The van der Waals surface area contributed by atoms with Gasteiger partial charge in [-0.25, -0.2) is 0 Å². The molecule has 158 valence electrons. The second kappa shape index (κ2) is 9.22. The molecule has 0 amide bonds. The Kier molecular flexibility index (Phi) is 5.84. The summed E-state index contributed by atoms with van der Waals surface area (Å²) < 4.78 is 7.68. The van der Waals surface area contributed by atoms with Crippen molar-refractivity contribution in [3.63, 3.8) is 0 Å². The first-order valence-corrected chi connectivity index (χ1v) is 11.0. The molecule has 7 nitrogen and oxygen atoms in total. The van der Waals surface area contributed by atoms with Crippen LogP contribution in [0.5, 0.6) is 5.75 Å². The van der Waals surface area contributed by atoms with Crippen LogP contribution in [0.1, 0.15) is 25.7 Å². The largest absolute Gasteiger partial charge is 0.494 e. The van der Waals surface area contributed by atoms with Crippen molar-refractivity contribution in [2.45, 2.75) is 25.7 Å². The standard InChI is InChI=1S/C24H26N6O/c1-4-15-29(16-5-1)17-6-18-31-20-10-8-19(9-11-20)21-12-13-23-26-27-24(30(23)28-21)22-7-2-3-14-25-22/h2-3,7-14H,1,4-6,15-18H2. The van der Waals surface area contributed by atoms with Gasteiger partial charge in [-0.1, -0.05) is 12.5 Å². The van der Waals surface area contributed by atoms with Gasteiger partial charge in [0.1, 0.15) is 11.4 Å². The Labute approximate surface area is 181 Å². The van der Waals surface area contributed by atoms with E-state index in [-0.39, 0.29) is 0 Å². The first-order chi connectivity index (χ1) is 15.4. The molecule has 0 unspecified atom stereocenters. The Morgan fingerprint density at radius 1 is 0.839 bits per heavy atom. The molecule has 4 aromatic rings. The number of aromatic nitrogens is 5. The average molecular weight is 415 g/mol. The highest BCUT2D eigenvalue weighted by atomic mass is 16.5. The summed E-state index contributed by atoms with van der Waals surface area (Å²) in [7, 11) is 0. The van der Waals surface area contributed by atoms with E-state index in [4.69, 9.17) is 9.84 Å². The summed E-state index contributed by atoms with van der Waals surface area (Å²) >= 11 is 0. The van der Waals surface area contributed by atoms with Gasteiger partial charge < -0.3 is 9.64 Å². The molecular weight excluding hydrogens is 388 g/mol. The van der Waals surface area contributed by atoms with E-state index in [1.165, 1.54) is 32.4 Å². The lowest BCUT2D eigenvalue weighted by atomic mass is 10.1. The summed E-state index contributed by atoms with van der Waals surface area (Å²) in [5.74, 6) is 1.52. The second-order valence-corrected chi connectivity index (χ2v) is 7.86. The number of rotatable bonds is 7. The van der Waals surface area contributed by atoms with Crippen LogP contribution in [0.15, 0.2) is 60.8 Å². The van der Waals surface area contributed by atoms with Crippen molar-refractivity contribution in [3.8, 4) is 28.5 Å². The normalized spacial score (nSPS) is 14.7. The monoisotopic (exact) mass is 414 g/mol. The van der Waals surface area contributed by atoms with Gasteiger partial charge >= 0.3 is 0 Å². The molecular formula is C24H26N6O. The van der Waals surface area contributed by atoms with Gasteiger partial charge in [0.25, 0.3) is 0 Å². The summed E-state index contributed by atoms with van der Waals surface area (Å²) in [5.41, 5.74) is 3.30. The molecule has 1 aromatic carbocycles. The summed E-state index contributed by atoms with van der Waals surface area (Å²) in [5, 5.41) is 13.2. The lowest BCUT2D eigenvalue weighted by Crippen LogP contribution is -2.31. The third-order valence-electron chi connectivity index (χ3n) is 5.64. The predicted octanol–water partition coefficient (Wildman–Crippen LogP) is 4.11. The van der Waals surface area contributed by atoms with Gasteiger partial charge in [-0.3, -0.25) is 4.98 Å². The smallest absolute Gasteiger partial charge is 0.203 e. The number of hydrogen-bond donors (Lipinski definition) is 0. The average Bonchev–Trinajstić information content (AvgIpc) is 3.27. The zero-order valence-electron chi connectivity index (χ0n) is 17.5. The van der Waals surface area contributed by atoms with Crippen LogP contribution in [-0.2, 0) is 0 Å². The molecule has 0 bridgehead atoms. The Morgan fingerprint density at radius 3 is 2.52 bits per heavy atom. The van der Waals surface area contributed by atoms with Crippen molar-refractivity contribution >= 4 is 5.65 Å². The number of fused-ring (bicyclic) bond motifs is 1. The highest BCUT2D eigenvalue weighted by Gasteiger charge is 2.12. The van der Waals surface area contributed by atoms with Gasteiger partial charge in [-0.2, -0.15) is 9.61 Å². The number of pyridine rings is 1. The lowest BCUT2D eigenvalue weighted by Gasteiger charge is -2.26. The summed E-state index contributed by atoms with van der Waals surface area (Å²) in [6, 6.07) is 17.7. The Hall–Kier alpha value is -3.32. The minimum atomic E-state index is 0.631. The summed E-state index contributed by atoms with van der Waals surface area (Å²) in [4.78, 5) is 6.91. The van der Waals surface area contributed by atoms with Crippen molar-refractivity contribution in [2.75, 3.05) is 26.2 Å². The van der Waals surface area contributed by atoms with Crippen LogP contribution in [-0.4, -0.2) is 55.9 Å². The number of hydrogen-bond acceptors (Lipinski definition) is 6. The Morgan fingerprint density at radius 2 is 1.71 bits per heavy atom. The van der Waals surface area contributed by atoms with E-state index in [9.17, 15) is 0 Å². The summed E-state index contributed by atoms with van der Waals surface area (Å²) in [6.07, 6.45) is 6.85. The zero-order valence-corrected chi connectivity index (χ0v) is 17.5. The van der Waals surface area contributed by atoms with Crippen molar-refractivity contribution < 1.29 is 4.74 Å². The fraction of sp³-hybridized carbons (Fsp3) is 0.333. The van der Waals surface area contributed by atoms with Crippen LogP contribution in [0, 0.1) is 0 Å². The SMILES string of the molecule is c1ccc(-c2nnc3ccc(-c4ccc(OCCCN5CCCCC5)cc4)nn23)nc1. The maximum absolute atomic E-state index is 5.94. The number of ether oxygens (including phenoxy) is 1. The molecule has 0 atom stereocenters. The molecule has 4 heterocycles. The Balaban J connectivity index is 1.25. The van der Waals surface area contributed by atoms with Crippen LogP contribution < -0.4 is 4.74 Å².